The summed E-state index contributed by atoms with van der Waals surface area (Å²) in [5.74, 6) is 0. The molecule has 1 N–H and O–H groups in total. The molecule has 17 heavy (non-hydrogen) atoms. The number of hydrogen-bond donors (Lipinski definition) is 1. The van der Waals surface area contributed by atoms with E-state index in [1.54, 1.807) is 0 Å². The third kappa shape index (κ3) is 6.44. The van der Waals surface area contributed by atoms with Crippen molar-refractivity contribution in [3.8, 4) is 0 Å². The van der Waals surface area contributed by atoms with E-state index in [0.29, 0.717) is 6.61 Å². The second-order valence-corrected chi connectivity index (χ2v) is 4.45. The molecule has 1 rings (SSSR count). The molecule has 0 aliphatic carbocycles. The summed E-state index contributed by atoms with van der Waals surface area (Å²) in [6.45, 7) is 2.92. The van der Waals surface area contributed by atoms with E-state index in [1.165, 1.54) is 24.8 Å². The lowest BCUT2D eigenvalue weighted by Gasteiger charge is -2.15. The maximum atomic E-state index is 9.24. The lowest BCUT2D eigenvalue weighted by molar-refractivity contribution is -0.00347. The van der Waals surface area contributed by atoms with Gasteiger partial charge in [-0.1, -0.05) is 62.9 Å². The Hall–Kier alpha value is -0.860. The molecule has 0 bridgehead atoms. The van der Waals surface area contributed by atoms with Gasteiger partial charge >= 0.3 is 0 Å². The van der Waals surface area contributed by atoms with Crippen LogP contribution in [0.15, 0.2) is 30.3 Å². The van der Waals surface area contributed by atoms with Crippen molar-refractivity contribution in [1.82, 2.24) is 0 Å². The molecule has 0 amide bonds. The first-order chi connectivity index (χ1) is 8.36. The monoisotopic (exact) mass is 236 g/mol. The predicted octanol–water partition coefficient (Wildman–Crippen LogP) is 3.53. The Kier molecular flexibility index (Phi) is 7.69. The van der Waals surface area contributed by atoms with Gasteiger partial charge in [0.25, 0.3) is 0 Å². The van der Waals surface area contributed by atoms with E-state index >= 15 is 0 Å². The molecule has 96 valence electrons. The topological polar surface area (TPSA) is 29.5 Å². The SMILES string of the molecule is CCCCCCC(CO)OCc1ccccc1. The number of aliphatic hydroxyl groups is 1. The van der Waals surface area contributed by atoms with Gasteiger partial charge in [0.05, 0.1) is 19.3 Å². The molecule has 1 unspecified atom stereocenters. The first kappa shape index (κ1) is 14.2. The van der Waals surface area contributed by atoms with Crippen LogP contribution in [0.5, 0.6) is 0 Å². The number of rotatable bonds is 9. The summed E-state index contributed by atoms with van der Waals surface area (Å²) in [5, 5.41) is 9.24. The Bertz CT molecular complexity index is 272. The van der Waals surface area contributed by atoms with Crippen LogP contribution in [-0.4, -0.2) is 17.8 Å². The average molecular weight is 236 g/mol. The van der Waals surface area contributed by atoms with E-state index in [9.17, 15) is 5.11 Å². The predicted molar refractivity (Wildman–Crippen MR) is 70.9 cm³/mol. The lowest BCUT2D eigenvalue weighted by Crippen LogP contribution is -2.17. The van der Waals surface area contributed by atoms with Crippen LogP contribution in [0.25, 0.3) is 0 Å². The maximum Gasteiger partial charge on any atom is 0.0810 e. The Morgan fingerprint density at radius 3 is 2.53 bits per heavy atom. The second kappa shape index (κ2) is 9.20. The highest BCUT2D eigenvalue weighted by Crippen LogP contribution is 2.10. The summed E-state index contributed by atoms with van der Waals surface area (Å²) in [4.78, 5) is 0. The van der Waals surface area contributed by atoms with Crippen LogP contribution >= 0.6 is 0 Å². The summed E-state index contributed by atoms with van der Waals surface area (Å²) in [6, 6.07) is 10.1. The fourth-order valence-corrected chi connectivity index (χ4v) is 1.81. The third-order valence-corrected chi connectivity index (χ3v) is 2.91. The van der Waals surface area contributed by atoms with Crippen molar-refractivity contribution in [2.75, 3.05) is 6.61 Å². The van der Waals surface area contributed by atoms with Crippen LogP contribution in [-0.2, 0) is 11.3 Å². The van der Waals surface area contributed by atoms with Crippen molar-refractivity contribution >= 4 is 0 Å². The number of ether oxygens (including phenoxy) is 1. The van der Waals surface area contributed by atoms with Crippen LogP contribution in [0.1, 0.15) is 44.6 Å². The molecule has 0 fully saturated rings. The fraction of sp³-hybridized carbons (Fsp3) is 0.600. The Morgan fingerprint density at radius 1 is 1.12 bits per heavy atom. The molecule has 0 spiro atoms. The van der Waals surface area contributed by atoms with E-state index in [-0.39, 0.29) is 12.7 Å². The van der Waals surface area contributed by atoms with Gasteiger partial charge in [0.2, 0.25) is 0 Å². The number of aliphatic hydroxyl groups excluding tert-OH is 1. The van der Waals surface area contributed by atoms with Crippen molar-refractivity contribution in [3.05, 3.63) is 35.9 Å². The minimum absolute atomic E-state index is 0.00735. The molecule has 0 aromatic heterocycles. The molecule has 0 aliphatic rings. The highest BCUT2D eigenvalue weighted by molar-refractivity contribution is 5.13. The molecule has 1 atom stereocenters. The van der Waals surface area contributed by atoms with Crippen LogP contribution < -0.4 is 0 Å². The Labute approximate surface area is 105 Å². The van der Waals surface area contributed by atoms with Crippen LogP contribution in [0.3, 0.4) is 0 Å². The molecular weight excluding hydrogens is 212 g/mol. The molecule has 0 saturated carbocycles. The standard InChI is InChI=1S/C15H24O2/c1-2-3-4-8-11-15(12-16)17-13-14-9-6-5-7-10-14/h5-7,9-10,15-16H,2-4,8,11-13H2,1H3. The molecule has 0 aliphatic heterocycles. The Morgan fingerprint density at radius 2 is 1.88 bits per heavy atom. The quantitative estimate of drug-likeness (QED) is 0.665. The molecular formula is C15H24O2. The molecule has 1 aromatic rings. The first-order valence-corrected chi connectivity index (χ1v) is 6.63. The van der Waals surface area contributed by atoms with Gasteiger partial charge in [0.15, 0.2) is 0 Å². The minimum Gasteiger partial charge on any atom is -0.394 e. The van der Waals surface area contributed by atoms with Crippen molar-refractivity contribution in [3.63, 3.8) is 0 Å². The van der Waals surface area contributed by atoms with E-state index in [1.807, 2.05) is 30.3 Å². The number of benzene rings is 1. The lowest BCUT2D eigenvalue weighted by atomic mass is 10.1. The largest absolute Gasteiger partial charge is 0.394 e. The first-order valence-electron chi connectivity index (χ1n) is 6.63. The van der Waals surface area contributed by atoms with Gasteiger partial charge in [0.1, 0.15) is 0 Å². The average Bonchev–Trinajstić information content (AvgIpc) is 2.39. The Balaban J connectivity index is 2.18. The highest BCUT2D eigenvalue weighted by atomic mass is 16.5. The van der Waals surface area contributed by atoms with E-state index in [4.69, 9.17) is 4.74 Å². The summed E-state index contributed by atoms with van der Waals surface area (Å²) in [7, 11) is 0. The normalized spacial score (nSPS) is 12.6. The molecule has 2 heteroatoms. The summed E-state index contributed by atoms with van der Waals surface area (Å²) >= 11 is 0. The van der Waals surface area contributed by atoms with Crippen molar-refractivity contribution in [1.29, 1.82) is 0 Å². The summed E-state index contributed by atoms with van der Waals surface area (Å²) in [6.07, 6.45) is 5.86. The van der Waals surface area contributed by atoms with Crippen LogP contribution in [0.4, 0.5) is 0 Å². The van der Waals surface area contributed by atoms with E-state index in [2.05, 4.69) is 6.92 Å². The van der Waals surface area contributed by atoms with Gasteiger partial charge in [-0.2, -0.15) is 0 Å². The van der Waals surface area contributed by atoms with Crippen molar-refractivity contribution in [2.24, 2.45) is 0 Å². The van der Waals surface area contributed by atoms with Crippen LogP contribution in [0.2, 0.25) is 0 Å². The van der Waals surface area contributed by atoms with Gasteiger partial charge in [-0.25, -0.2) is 0 Å². The molecule has 0 saturated heterocycles. The smallest absolute Gasteiger partial charge is 0.0810 e. The van der Waals surface area contributed by atoms with Gasteiger partial charge in [-0.3, -0.25) is 0 Å². The maximum absolute atomic E-state index is 9.24. The number of hydrogen-bond acceptors (Lipinski definition) is 2. The molecule has 1 aromatic carbocycles. The third-order valence-electron chi connectivity index (χ3n) is 2.91. The van der Waals surface area contributed by atoms with Gasteiger partial charge in [-0.15, -0.1) is 0 Å². The van der Waals surface area contributed by atoms with Gasteiger partial charge < -0.3 is 9.84 Å². The van der Waals surface area contributed by atoms with Crippen LogP contribution in [0, 0.1) is 0 Å². The molecule has 2 nitrogen and oxygen atoms in total. The minimum atomic E-state index is -0.00735. The van der Waals surface area contributed by atoms with Gasteiger partial charge in [0, 0.05) is 0 Å². The molecule has 0 heterocycles. The second-order valence-electron chi connectivity index (χ2n) is 4.45. The number of unbranched alkanes of at least 4 members (excludes halogenated alkanes) is 3. The van der Waals surface area contributed by atoms with Crippen molar-refractivity contribution in [2.45, 2.75) is 51.7 Å². The summed E-state index contributed by atoms with van der Waals surface area (Å²) < 4.78 is 5.71. The zero-order valence-corrected chi connectivity index (χ0v) is 10.8. The van der Waals surface area contributed by atoms with Crippen molar-refractivity contribution < 1.29 is 9.84 Å². The highest BCUT2D eigenvalue weighted by Gasteiger charge is 2.07. The molecule has 0 radical (unpaired) electrons. The zero-order valence-electron chi connectivity index (χ0n) is 10.8. The summed E-state index contributed by atoms with van der Waals surface area (Å²) in [5.41, 5.74) is 1.17. The zero-order chi connectivity index (χ0) is 12.3. The van der Waals surface area contributed by atoms with E-state index < -0.39 is 0 Å². The van der Waals surface area contributed by atoms with E-state index in [0.717, 1.165) is 12.8 Å². The van der Waals surface area contributed by atoms with Gasteiger partial charge in [-0.05, 0) is 12.0 Å². The fourth-order valence-electron chi connectivity index (χ4n) is 1.81.